The van der Waals surface area contributed by atoms with Gasteiger partial charge in [-0.15, -0.1) is 10.2 Å². The Morgan fingerprint density at radius 1 is 1.00 bits per heavy atom. The summed E-state index contributed by atoms with van der Waals surface area (Å²) < 4.78 is 1.92. The van der Waals surface area contributed by atoms with Crippen LogP contribution in [0.15, 0.2) is 78.2 Å². The summed E-state index contributed by atoms with van der Waals surface area (Å²) in [7, 11) is 0. The van der Waals surface area contributed by atoms with Gasteiger partial charge in [0.05, 0.1) is 5.75 Å². The molecule has 1 amide bonds. The van der Waals surface area contributed by atoms with Crippen LogP contribution in [-0.4, -0.2) is 53.4 Å². The van der Waals surface area contributed by atoms with Gasteiger partial charge in [0.2, 0.25) is 5.91 Å². The summed E-state index contributed by atoms with van der Waals surface area (Å²) in [6.07, 6.45) is 4.63. The third-order valence-corrected chi connectivity index (χ3v) is 7.27. The molecule has 3 heterocycles. The predicted molar refractivity (Wildman–Crippen MR) is 137 cm³/mol. The third-order valence-electron chi connectivity index (χ3n) is 6.35. The number of carbonyl (C=O) groups is 2. The average molecular weight is 500 g/mol. The number of benzene rings is 2. The van der Waals surface area contributed by atoms with Crippen molar-refractivity contribution in [3.63, 3.8) is 0 Å². The fraction of sp³-hybridized carbons (Fsp3) is 0.222. The number of carbonyl (C=O) groups excluding carboxylic acids is 1. The lowest BCUT2D eigenvalue weighted by molar-refractivity contribution is -0.150. The highest BCUT2D eigenvalue weighted by Crippen LogP contribution is 2.30. The number of carboxylic acid groups (broad SMARTS) is 1. The van der Waals surface area contributed by atoms with Crippen molar-refractivity contribution >= 4 is 23.6 Å². The topological polar surface area (TPSA) is 101 Å². The Labute approximate surface area is 213 Å². The van der Waals surface area contributed by atoms with Gasteiger partial charge in [-0.1, -0.05) is 55.1 Å². The van der Waals surface area contributed by atoms with Crippen molar-refractivity contribution in [1.29, 1.82) is 0 Å². The number of fused-ring (bicyclic) bond motifs is 1. The van der Waals surface area contributed by atoms with Crippen LogP contribution >= 0.6 is 11.8 Å². The van der Waals surface area contributed by atoms with Crippen LogP contribution in [-0.2, 0) is 29.0 Å². The Balaban J connectivity index is 1.42. The quantitative estimate of drug-likeness (QED) is 0.383. The van der Waals surface area contributed by atoms with Crippen LogP contribution in [0.3, 0.4) is 0 Å². The van der Waals surface area contributed by atoms with Gasteiger partial charge >= 0.3 is 5.97 Å². The summed E-state index contributed by atoms with van der Waals surface area (Å²) in [6.45, 7) is 2.38. The van der Waals surface area contributed by atoms with Crippen LogP contribution in [0.1, 0.15) is 23.6 Å². The monoisotopic (exact) mass is 499 g/mol. The number of aliphatic carboxylic acids is 1. The SMILES string of the molecule is CCc1ccc(-n2c(SCC(=O)N3Cc4ccccc4C[C@@H]3C(=O)O)nnc2-c2ccncc2)cc1. The maximum Gasteiger partial charge on any atom is 0.326 e. The van der Waals surface area contributed by atoms with Crippen molar-refractivity contribution in [2.75, 3.05) is 5.75 Å². The summed E-state index contributed by atoms with van der Waals surface area (Å²) in [4.78, 5) is 30.8. The van der Waals surface area contributed by atoms with Gasteiger partial charge in [-0.25, -0.2) is 4.79 Å². The fourth-order valence-electron chi connectivity index (χ4n) is 4.38. The molecule has 0 radical (unpaired) electrons. The Bertz CT molecular complexity index is 1390. The van der Waals surface area contributed by atoms with E-state index in [0.29, 0.717) is 17.4 Å². The van der Waals surface area contributed by atoms with E-state index in [-0.39, 0.29) is 18.2 Å². The first-order valence-electron chi connectivity index (χ1n) is 11.7. The molecule has 8 nitrogen and oxygen atoms in total. The molecule has 36 heavy (non-hydrogen) atoms. The number of aryl methyl sites for hydroxylation is 1. The molecule has 2 aromatic carbocycles. The van der Waals surface area contributed by atoms with Gasteiger partial charge in [0.1, 0.15) is 6.04 Å². The number of amides is 1. The van der Waals surface area contributed by atoms with Gasteiger partial charge in [0, 0.05) is 36.6 Å². The molecule has 1 N–H and O–H groups in total. The number of hydrogen-bond acceptors (Lipinski definition) is 6. The van der Waals surface area contributed by atoms with Gasteiger partial charge in [0.25, 0.3) is 0 Å². The van der Waals surface area contributed by atoms with Crippen molar-refractivity contribution in [2.45, 2.75) is 37.5 Å². The van der Waals surface area contributed by atoms with Crippen LogP contribution in [0.5, 0.6) is 0 Å². The van der Waals surface area contributed by atoms with Gasteiger partial charge in [-0.3, -0.25) is 14.3 Å². The molecule has 1 aliphatic heterocycles. The van der Waals surface area contributed by atoms with Crippen LogP contribution in [0.25, 0.3) is 17.1 Å². The van der Waals surface area contributed by atoms with E-state index in [1.807, 2.05) is 53.1 Å². The summed E-state index contributed by atoms with van der Waals surface area (Å²) in [5.74, 6) is -0.551. The maximum atomic E-state index is 13.3. The average Bonchev–Trinajstić information content (AvgIpc) is 3.35. The molecule has 0 saturated heterocycles. The van der Waals surface area contributed by atoms with Crippen molar-refractivity contribution in [3.05, 3.63) is 89.7 Å². The molecule has 182 valence electrons. The Kier molecular flexibility index (Phi) is 6.81. The largest absolute Gasteiger partial charge is 0.480 e. The van der Waals surface area contributed by atoms with E-state index in [0.717, 1.165) is 28.8 Å². The molecule has 2 aromatic heterocycles. The molecule has 5 rings (SSSR count). The van der Waals surface area contributed by atoms with Crippen LogP contribution in [0.4, 0.5) is 0 Å². The maximum absolute atomic E-state index is 13.3. The number of aromatic nitrogens is 4. The normalized spacial score (nSPS) is 14.9. The highest BCUT2D eigenvalue weighted by Gasteiger charge is 2.34. The first-order chi connectivity index (χ1) is 17.5. The molecule has 0 spiro atoms. The Morgan fingerprint density at radius 2 is 1.72 bits per heavy atom. The van der Waals surface area contributed by atoms with E-state index in [9.17, 15) is 14.7 Å². The van der Waals surface area contributed by atoms with E-state index in [4.69, 9.17) is 0 Å². The summed E-state index contributed by atoms with van der Waals surface area (Å²) in [5.41, 5.74) is 4.90. The van der Waals surface area contributed by atoms with Crippen LogP contribution < -0.4 is 0 Å². The summed E-state index contributed by atoms with van der Waals surface area (Å²) in [5, 5.41) is 19.2. The molecule has 0 saturated carbocycles. The highest BCUT2D eigenvalue weighted by molar-refractivity contribution is 7.99. The molecule has 1 aliphatic rings. The van der Waals surface area contributed by atoms with Crippen LogP contribution in [0.2, 0.25) is 0 Å². The molecule has 0 aliphatic carbocycles. The number of pyridine rings is 1. The van der Waals surface area contributed by atoms with E-state index < -0.39 is 12.0 Å². The Hall–Kier alpha value is -3.98. The molecule has 1 atom stereocenters. The van der Waals surface area contributed by atoms with Gasteiger partial charge in [0.15, 0.2) is 11.0 Å². The third kappa shape index (κ3) is 4.74. The molecule has 0 bridgehead atoms. The van der Waals surface area contributed by atoms with Crippen LogP contribution in [0, 0.1) is 0 Å². The first kappa shape index (κ1) is 23.7. The van der Waals surface area contributed by atoms with Gasteiger partial charge in [-0.2, -0.15) is 0 Å². The zero-order chi connectivity index (χ0) is 25.1. The molecule has 0 unspecified atom stereocenters. The smallest absolute Gasteiger partial charge is 0.326 e. The van der Waals surface area contributed by atoms with Crippen molar-refractivity contribution < 1.29 is 14.7 Å². The van der Waals surface area contributed by atoms with Crippen molar-refractivity contribution in [1.82, 2.24) is 24.6 Å². The standard InChI is InChI=1S/C27H25N5O3S/c1-2-18-7-9-22(10-8-18)32-25(19-11-13-28-14-12-19)29-30-27(32)36-17-24(33)31-16-21-6-4-3-5-20(21)15-23(31)26(34)35/h3-14,23H,2,15-17H2,1H3,(H,34,35)/t23-/m1/s1. The Morgan fingerprint density at radius 3 is 2.42 bits per heavy atom. The van der Waals surface area contributed by atoms with Crippen molar-refractivity contribution in [3.8, 4) is 17.1 Å². The van der Waals surface area contributed by atoms with E-state index in [2.05, 4.69) is 34.2 Å². The predicted octanol–water partition coefficient (Wildman–Crippen LogP) is 4.02. The molecule has 9 heteroatoms. The number of thioether (sulfide) groups is 1. The number of carboxylic acids is 1. The zero-order valence-electron chi connectivity index (χ0n) is 19.7. The van der Waals surface area contributed by atoms with Gasteiger partial charge < -0.3 is 10.0 Å². The molecule has 4 aromatic rings. The fourth-order valence-corrected chi connectivity index (χ4v) is 5.22. The minimum absolute atomic E-state index is 0.0491. The summed E-state index contributed by atoms with van der Waals surface area (Å²) in [6, 6.07) is 18.7. The number of nitrogens with zero attached hydrogens (tertiary/aromatic N) is 5. The second-order valence-electron chi connectivity index (χ2n) is 8.53. The molecule has 0 fully saturated rings. The highest BCUT2D eigenvalue weighted by atomic mass is 32.2. The number of rotatable bonds is 7. The molecular formula is C27H25N5O3S. The minimum Gasteiger partial charge on any atom is -0.480 e. The second kappa shape index (κ2) is 10.3. The lowest BCUT2D eigenvalue weighted by atomic mass is 9.94. The van der Waals surface area contributed by atoms with E-state index in [1.165, 1.54) is 22.2 Å². The lowest BCUT2D eigenvalue weighted by Gasteiger charge is -2.34. The minimum atomic E-state index is -0.998. The second-order valence-corrected chi connectivity index (χ2v) is 9.48. The lowest BCUT2D eigenvalue weighted by Crippen LogP contribution is -2.49. The van der Waals surface area contributed by atoms with E-state index >= 15 is 0 Å². The zero-order valence-corrected chi connectivity index (χ0v) is 20.6. The molecular weight excluding hydrogens is 474 g/mol. The number of hydrogen-bond donors (Lipinski definition) is 1. The van der Waals surface area contributed by atoms with Gasteiger partial charge in [-0.05, 0) is 47.4 Å². The van der Waals surface area contributed by atoms with Crippen molar-refractivity contribution in [2.24, 2.45) is 0 Å². The first-order valence-corrected chi connectivity index (χ1v) is 12.7. The summed E-state index contributed by atoms with van der Waals surface area (Å²) >= 11 is 1.25. The van der Waals surface area contributed by atoms with E-state index in [1.54, 1.807) is 12.4 Å².